The summed E-state index contributed by atoms with van der Waals surface area (Å²) in [5.41, 5.74) is 6.24. The van der Waals surface area contributed by atoms with Crippen LogP contribution in [0.15, 0.2) is 29.4 Å². The molecule has 1 aromatic rings. The van der Waals surface area contributed by atoms with Crippen molar-refractivity contribution in [3.8, 4) is 0 Å². The Kier molecular flexibility index (Phi) is 6.19. The van der Waals surface area contributed by atoms with Crippen LogP contribution in [0.5, 0.6) is 0 Å². The molecule has 0 aromatic heterocycles. The molecule has 0 aliphatic carbocycles. The number of thiocarbonyl (C=S) groups is 1. The maximum Gasteiger partial charge on any atom is 0.187 e. The zero-order valence-corrected chi connectivity index (χ0v) is 14.5. The van der Waals surface area contributed by atoms with Crippen molar-refractivity contribution in [1.29, 1.82) is 0 Å². The van der Waals surface area contributed by atoms with Crippen LogP contribution in [0.3, 0.4) is 0 Å². The van der Waals surface area contributed by atoms with Gasteiger partial charge in [-0.25, -0.2) is 0 Å². The maximum absolute atomic E-state index is 5.17. The number of hydrazone groups is 1. The first-order chi connectivity index (χ1) is 10.6. The van der Waals surface area contributed by atoms with Crippen LogP contribution in [0.2, 0.25) is 0 Å². The number of hydrogen-bond acceptors (Lipinski definition) is 3. The van der Waals surface area contributed by atoms with Crippen LogP contribution in [0.1, 0.15) is 45.6 Å². The van der Waals surface area contributed by atoms with E-state index in [4.69, 9.17) is 12.2 Å². The summed E-state index contributed by atoms with van der Waals surface area (Å²) in [7, 11) is 0. The van der Waals surface area contributed by atoms with Gasteiger partial charge >= 0.3 is 0 Å². The molecule has 1 aromatic carbocycles. The lowest BCUT2D eigenvalue weighted by Crippen LogP contribution is -2.37. The molecule has 0 radical (unpaired) electrons. The SMILES string of the molecule is C/C(=N/NC(=S)NC(C)C)c1ccc(N2CCCCC2)cc1. The van der Waals surface area contributed by atoms with Crippen LogP contribution >= 0.6 is 12.2 Å². The summed E-state index contributed by atoms with van der Waals surface area (Å²) in [5.74, 6) is 0. The van der Waals surface area contributed by atoms with E-state index < -0.39 is 0 Å². The summed E-state index contributed by atoms with van der Waals surface area (Å²) in [6.07, 6.45) is 3.95. The average Bonchev–Trinajstić information content (AvgIpc) is 2.53. The van der Waals surface area contributed by atoms with E-state index in [2.05, 4.69) is 45.0 Å². The highest BCUT2D eigenvalue weighted by molar-refractivity contribution is 7.80. The molecule has 1 aliphatic heterocycles. The molecule has 0 saturated carbocycles. The van der Waals surface area contributed by atoms with Crippen molar-refractivity contribution >= 4 is 28.7 Å². The van der Waals surface area contributed by atoms with Crippen LogP contribution in [0.25, 0.3) is 0 Å². The van der Waals surface area contributed by atoms with Gasteiger partial charge < -0.3 is 10.2 Å². The zero-order valence-electron chi connectivity index (χ0n) is 13.7. The van der Waals surface area contributed by atoms with Gasteiger partial charge in [-0.2, -0.15) is 5.10 Å². The number of hydrogen-bond donors (Lipinski definition) is 2. The first-order valence-electron chi connectivity index (χ1n) is 8.02. The maximum atomic E-state index is 5.17. The normalized spacial score (nSPS) is 15.8. The molecular formula is C17H26N4S. The Labute approximate surface area is 139 Å². The number of rotatable bonds is 4. The zero-order chi connectivity index (χ0) is 15.9. The average molecular weight is 318 g/mol. The van der Waals surface area contributed by atoms with Gasteiger partial charge in [-0.15, -0.1) is 0 Å². The molecule has 0 unspecified atom stereocenters. The highest BCUT2D eigenvalue weighted by Crippen LogP contribution is 2.20. The van der Waals surface area contributed by atoms with E-state index >= 15 is 0 Å². The minimum atomic E-state index is 0.305. The summed E-state index contributed by atoms with van der Waals surface area (Å²) in [5, 5.41) is 8.00. The van der Waals surface area contributed by atoms with Crippen LogP contribution in [-0.4, -0.2) is 30.0 Å². The molecule has 2 N–H and O–H groups in total. The fourth-order valence-electron chi connectivity index (χ4n) is 2.56. The highest BCUT2D eigenvalue weighted by Gasteiger charge is 2.10. The number of nitrogens with zero attached hydrogens (tertiary/aromatic N) is 2. The van der Waals surface area contributed by atoms with Gasteiger partial charge in [0.25, 0.3) is 0 Å². The van der Waals surface area contributed by atoms with Crippen molar-refractivity contribution in [1.82, 2.24) is 10.7 Å². The first-order valence-corrected chi connectivity index (χ1v) is 8.43. The van der Waals surface area contributed by atoms with E-state index in [9.17, 15) is 0 Å². The second-order valence-corrected chi connectivity index (χ2v) is 6.44. The molecule has 1 heterocycles. The third-order valence-corrected chi connectivity index (χ3v) is 3.96. The van der Waals surface area contributed by atoms with E-state index in [0.29, 0.717) is 11.2 Å². The Hall–Kier alpha value is -1.62. The Bertz CT molecular complexity index is 516. The van der Waals surface area contributed by atoms with E-state index in [1.807, 2.05) is 20.8 Å². The molecule has 5 heteroatoms. The summed E-state index contributed by atoms with van der Waals surface area (Å²) < 4.78 is 0. The van der Waals surface area contributed by atoms with E-state index in [1.54, 1.807) is 0 Å². The molecular weight excluding hydrogens is 292 g/mol. The fraction of sp³-hybridized carbons (Fsp3) is 0.529. The van der Waals surface area contributed by atoms with Crippen molar-refractivity contribution in [2.45, 2.75) is 46.1 Å². The molecule has 2 rings (SSSR count). The van der Waals surface area contributed by atoms with Crippen molar-refractivity contribution in [2.75, 3.05) is 18.0 Å². The van der Waals surface area contributed by atoms with Crippen molar-refractivity contribution < 1.29 is 0 Å². The van der Waals surface area contributed by atoms with Crippen molar-refractivity contribution in [3.63, 3.8) is 0 Å². The van der Waals surface area contributed by atoms with Gasteiger partial charge in [0.15, 0.2) is 5.11 Å². The van der Waals surface area contributed by atoms with E-state index in [0.717, 1.165) is 11.3 Å². The highest BCUT2D eigenvalue weighted by atomic mass is 32.1. The van der Waals surface area contributed by atoms with Gasteiger partial charge in [0, 0.05) is 24.8 Å². The monoisotopic (exact) mass is 318 g/mol. The predicted octanol–water partition coefficient (Wildman–Crippen LogP) is 3.27. The number of benzene rings is 1. The quantitative estimate of drug-likeness (QED) is 0.508. The molecule has 0 atom stereocenters. The smallest absolute Gasteiger partial charge is 0.187 e. The number of nitrogens with one attached hydrogen (secondary N) is 2. The molecule has 1 saturated heterocycles. The second-order valence-electron chi connectivity index (χ2n) is 6.03. The molecule has 0 bridgehead atoms. The van der Waals surface area contributed by atoms with Crippen LogP contribution in [0.4, 0.5) is 5.69 Å². The van der Waals surface area contributed by atoms with Crippen LogP contribution in [0, 0.1) is 0 Å². The summed E-state index contributed by atoms with van der Waals surface area (Å²) in [6, 6.07) is 8.93. The van der Waals surface area contributed by atoms with E-state index in [1.165, 1.54) is 38.0 Å². The minimum absolute atomic E-state index is 0.305. The standard InChI is InChI=1S/C17H26N4S/c1-13(2)18-17(22)20-19-14(3)15-7-9-16(10-8-15)21-11-5-4-6-12-21/h7-10,13H,4-6,11-12H2,1-3H3,(H2,18,20,22)/b19-14-. The summed E-state index contributed by atoms with van der Waals surface area (Å²) in [4.78, 5) is 2.46. The Balaban J connectivity index is 1.95. The van der Waals surface area contributed by atoms with E-state index in [-0.39, 0.29) is 0 Å². The second kappa shape index (κ2) is 8.13. The summed E-state index contributed by atoms with van der Waals surface area (Å²) >= 11 is 5.17. The Morgan fingerprint density at radius 2 is 1.77 bits per heavy atom. The third-order valence-electron chi connectivity index (χ3n) is 3.75. The Morgan fingerprint density at radius 1 is 1.14 bits per heavy atom. The molecule has 1 aliphatic rings. The molecule has 0 amide bonds. The van der Waals surface area contributed by atoms with Crippen molar-refractivity contribution in [2.24, 2.45) is 5.10 Å². The lowest BCUT2D eigenvalue weighted by atomic mass is 10.1. The molecule has 120 valence electrons. The molecule has 0 spiro atoms. The largest absolute Gasteiger partial charge is 0.372 e. The van der Waals surface area contributed by atoms with Gasteiger partial charge in [0.2, 0.25) is 0 Å². The van der Waals surface area contributed by atoms with Gasteiger partial charge in [0.1, 0.15) is 0 Å². The third kappa shape index (κ3) is 4.98. The minimum Gasteiger partial charge on any atom is -0.372 e. The fourth-order valence-corrected chi connectivity index (χ4v) is 2.84. The number of piperidine rings is 1. The lowest BCUT2D eigenvalue weighted by Gasteiger charge is -2.28. The molecule has 22 heavy (non-hydrogen) atoms. The van der Waals surface area contributed by atoms with Gasteiger partial charge in [0.05, 0.1) is 5.71 Å². The molecule has 1 fully saturated rings. The van der Waals surface area contributed by atoms with Crippen LogP contribution in [-0.2, 0) is 0 Å². The van der Waals surface area contributed by atoms with Gasteiger partial charge in [-0.3, -0.25) is 5.43 Å². The Morgan fingerprint density at radius 3 is 2.36 bits per heavy atom. The molecule has 4 nitrogen and oxygen atoms in total. The van der Waals surface area contributed by atoms with Crippen LogP contribution < -0.4 is 15.6 Å². The first kappa shape index (κ1) is 16.7. The predicted molar refractivity (Wildman–Crippen MR) is 98.7 cm³/mol. The summed E-state index contributed by atoms with van der Waals surface area (Å²) in [6.45, 7) is 8.42. The number of anilines is 1. The van der Waals surface area contributed by atoms with Gasteiger partial charge in [-0.1, -0.05) is 12.1 Å². The van der Waals surface area contributed by atoms with Gasteiger partial charge in [-0.05, 0) is 69.9 Å². The topological polar surface area (TPSA) is 39.7 Å². The van der Waals surface area contributed by atoms with Crippen molar-refractivity contribution in [3.05, 3.63) is 29.8 Å². The lowest BCUT2D eigenvalue weighted by molar-refractivity contribution is 0.578.